The van der Waals surface area contributed by atoms with E-state index in [0.717, 1.165) is 5.92 Å². The predicted molar refractivity (Wildman–Crippen MR) is 64.9 cm³/mol. The number of hydrogen-bond donors (Lipinski definition) is 0. The first-order valence-corrected chi connectivity index (χ1v) is 7.15. The Kier molecular flexibility index (Phi) is 2.56. The minimum absolute atomic E-state index is 0.109. The zero-order chi connectivity index (χ0) is 10.4. The molecular weight excluding hydrogens is 275 g/mol. The van der Waals surface area contributed by atoms with Crippen LogP contribution in [-0.2, 0) is 0 Å². The molecule has 1 aliphatic heterocycles. The molecular formula is C12H12BrFS. The lowest BCUT2D eigenvalue weighted by molar-refractivity contribution is 0.559. The van der Waals surface area contributed by atoms with E-state index in [1.807, 2.05) is 17.8 Å². The standard InChI is InChI=1S/C12H12BrFS/c13-10-6-12-9(5-11(10)14)8(3-4-15-12)7-1-2-7/h5-8H,1-4H2. The number of thioether (sulfide) groups is 1. The van der Waals surface area contributed by atoms with E-state index in [1.165, 1.54) is 35.5 Å². The Morgan fingerprint density at radius 2 is 2.07 bits per heavy atom. The molecule has 0 N–H and O–H groups in total. The summed E-state index contributed by atoms with van der Waals surface area (Å²) >= 11 is 5.12. The molecule has 0 amide bonds. The molecule has 2 aliphatic rings. The SMILES string of the molecule is Fc1cc2c(cc1Br)SCCC2C1CC1. The van der Waals surface area contributed by atoms with Crippen molar-refractivity contribution < 1.29 is 4.39 Å². The van der Waals surface area contributed by atoms with Crippen LogP contribution in [0.25, 0.3) is 0 Å². The fourth-order valence-electron chi connectivity index (χ4n) is 2.40. The molecule has 0 aromatic heterocycles. The first-order chi connectivity index (χ1) is 7.25. The third-order valence-electron chi connectivity index (χ3n) is 3.33. The van der Waals surface area contributed by atoms with E-state index in [9.17, 15) is 4.39 Å². The quantitative estimate of drug-likeness (QED) is 0.728. The molecule has 1 unspecified atom stereocenters. The van der Waals surface area contributed by atoms with Crippen LogP contribution in [-0.4, -0.2) is 5.75 Å². The maximum absolute atomic E-state index is 13.5. The van der Waals surface area contributed by atoms with Crippen LogP contribution in [0, 0.1) is 11.7 Å². The van der Waals surface area contributed by atoms with Crippen LogP contribution >= 0.6 is 27.7 Å². The Labute approximate surface area is 102 Å². The molecule has 0 saturated heterocycles. The Morgan fingerprint density at radius 1 is 1.27 bits per heavy atom. The molecule has 1 aromatic rings. The van der Waals surface area contributed by atoms with E-state index < -0.39 is 0 Å². The van der Waals surface area contributed by atoms with Crippen molar-refractivity contribution in [3.63, 3.8) is 0 Å². The van der Waals surface area contributed by atoms with Gasteiger partial charge in [-0.15, -0.1) is 11.8 Å². The lowest BCUT2D eigenvalue weighted by Crippen LogP contribution is -2.09. The normalized spacial score (nSPS) is 25.1. The molecule has 1 aliphatic carbocycles. The summed E-state index contributed by atoms with van der Waals surface area (Å²) in [4.78, 5) is 1.28. The molecule has 3 heteroatoms. The van der Waals surface area contributed by atoms with Gasteiger partial charge in [0.25, 0.3) is 0 Å². The van der Waals surface area contributed by atoms with Gasteiger partial charge in [-0.05, 0) is 70.5 Å². The van der Waals surface area contributed by atoms with Gasteiger partial charge in [-0.3, -0.25) is 0 Å². The van der Waals surface area contributed by atoms with E-state index in [1.54, 1.807) is 6.07 Å². The highest BCUT2D eigenvalue weighted by atomic mass is 79.9. The fourth-order valence-corrected chi connectivity index (χ4v) is 4.06. The maximum Gasteiger partial charge on any atom is 0.137 e. The third-order valence-corrected chi connectivity index (χ3v) is 5.04. The number of halogens is 2. The van der Waals surface area contributed by atoms with Gasteiger partial charge in [-0.2, -0.15) is 0 Å². The highest BCUT2D eigenvalue weighted by Gasteiger charge is 2.35. The highest BCUT2D eigenvalue weighted by molar-refractivity contribution is 9.10. The summed E-state index contributed by atoms with van der Waals surface area (Å²) in [5, 5.41) is 0. The molecule has 0 radical (unpaired) electrons. The van der Waals surface area contributed by atoms with Crippen LogP contribution in [0.15, 0.2) is 21.5 Å². The first-order valence-electron chi connectivity index (χ1n) is 5.37. The highest BCUT2D eigenvalue weighted by Crippen LogP contribution is 2.50. The Hall–Kier alpha value is -0.0200. The Morgan fingerprint density at radius 3 is 2.80 bits per heavy atom. The van der Waals surface area contributed by atoms with Crippen LogP contribution in [0.1, 0.15) is 30.7 Å². The van der Waals surface area contributed by atoms with Crippen molar-refractivity contribution in [3.8, 4) is 0 Å². The number of hydrogen-bond acceptors (Lipinski definition) is 1. The van der Waals surface area contributed by atoms with Gasteiger partial charge in [0.2, 0.25) is 0 Å². The van der Waals surface area contributed by atoms with Crippen molar-refractivity contribution in [2.75, 3.05) is 5.75 Å². The molecule has 1 heterocycles. The molecule has 3 rings (SSSR count). The second-order valence-electron chi connectivity index (χ2n) is 4.39. The van der Waals surface area contributed by atoms with Crippen LogP contribution in [0.5, 0.6) is 0 Å². The van der Waals surface area contributed by atoms with E-state index >= 15 is 0 Å². The summed E-state index contributed by atoms with van der Waals surface area (Å²) in [6, 6.07) is 3.69. The molecule has 1 atom stereocenters. The van der Waals surface area contributed by atoms with Gasteiger partial charge in [0, 0.05) is 4.90 Å². The molecule has 0 spiro atoms. The minimum atomic E-state index is -0.109. The summed E-state index contributed by atoms with van der Waals surface area (Å²) in [6.45, 7) is 0. The van der Waals surface area contributed by atoms with Gasteiger partial charge in [-0.25, -0.2) is 4.39 Å². The zero-order valence-corrected chi connectivity index (χ0v) is 10.7. The summed E-state index contributed by atoms with van der Waals surface area (Å²) in [5.41, 5.74) is 1.26. The van der Waals surface area contributed by atoms with Crippen molar-refractivity contribution in [1.29, 1.82) is 0 Å². The molecule has 0 nitrogen and oxygen atoms in total. The van der Waals surface area contributed by atoms with Gasteiger partial charge < -0.3 is 0 Å². The summed E-state index contributed by atoms with van der Waals surface area (Å²) < 4.78 is 14.1. The van der Waals surface area contributed by atoms with Crippen LogP contribution in [0.3, 0.4) is 0 Å². The molecule has 15 heavy (non-hydrogen) atoms. The summed E-state index contributed by atoms with van der Waals surface area (Å²) in [6.07, 6.45) is 3.91. The van der Waals surface area contributed by atoms with Gasteiger partial charge in [0.15, 0.2) is 0 Å². The van der Waals surface area contributed by atoms with Gasteiger partial charge >= 0.3 is 0 Å². The summed E-state index contributed by atoms with van der Waals surface area (Å²) in [5.74, 6) is 2.54. The Balaban J connectivity index is 2.05. The van der Waals surface area contributed by atoms with Crippen molar-refractivity contribution >= 4 is 27.7 Å². The second-order valence-corrected chi connectivity index (χ2v) is 6.38. The number of rotatable bonds is 1. The maximum atomic E-state index is 13.5. The number of fused-ring (bicyclic) bond motifs is 1. The van der Waals surface area contributed by atoms with Gasteiger partial charge in [-0.1, -0.05) is 0 Å². The van der Waals surface area contributed by atoms with E-state index in [-0.39, 0.29) is 5.82 Å². The topological polar surface area (TPSA) is 0 Å². The predicted octanol–water partition coefficient (Wildman–Crippen LogP) is 4.58. The monoisotopic (exact) mass is 286 g/mol. The van der Waals surface area contributed by atoms with Crippen molar-refractivity contribution in [3.05, 3.63) is 28.0 Å². The van der Waals surface area contributed by atoms with Crippen molar-refractivity contribution in [2.45, 2.75) is 30.1 Å². The Bertz CT molecular complexity index is 401. The van der Waals surface area contributed by atoms with E-state index in [4.69, 9.17) is 0 Å². The van der Waals surface area contributed by atoms with Crippen LogP contribution < -0.4 is 0 Å². The van der Waals surface area contributed by atoms with Gasteiger partial charge in [0.1, 0.15) is 5.82 Å². The summed E-state index contributed by atoms with van der Waals surface area (Å²) in [7, 11) is 0. The molecule has 1 aromatic carbocycles. The van der Waals surface area contributed by atoms with Crippen LogP contribution in [0.2, 0.25) is 0 Å². The molecule has 1 fully saturated rings. The second kappa shape index (κ2) is 3.77. The number of benzene rings is 1. The third kappa shape index (κ3) is 1.84. The molecule has 80 valence electrons. The lowest BCUT2D eigenvalue weighted by Gasteiger charge is -2.25. The molecule has 0 bridgehead atoms. The largest absolute Gasteiger partial charge is 0.206 e. The van der Waals surface area contributed by atoms with E-state index in [2.05, 4.69) is 15.9 Å². The van der Waals surface area contributed by atoms with E-state index in [0.29, 0.717) is 10.4 Å². The zero-order valence-electron chi connectivity index (χ0n) is 8.30. The average molecular weight is 287 g/mol. The van der Waals surface area contributed by atoms with Crippen LogP contribution in [0.4, 0.5) is 4.39 Å². The smallest absolute Gasteiger partial charge is 0.137 e. The average Bonchev–Trinajstić information content (AvgIpc) is 3.02. The molecule has 1 saturated carbocycles. The van der Waals surface area contributed by atoms with Crippen molar-refractivity contribution in [2.24, 2.45) is 5.92 Å². The minimum Gasteiger partial charge on any atom is -0.206 e. The van der Waals surface area contributed by atoms with Gasteiger partial charge in [0.05, 0.1) is 4.47 Å². The fraction of sp³-hybridized carbons (Fsp3) is 0.500. The first kappa shape index (κ1) is 10.2. The van der Waals surface area contributed by atoms with Crippen molar-refractivity contribution in [1.82, 2.24) is 0 Å². The lowest BCUT2D eigenvalue weighted by atomic mass is 9.91.